The van der Waals surface area contributed by atoms with E-state index >= 15 is 0 Å². The van der Waals surface area contributed by atoms with Crippen molar-refractivity contribution in [1.29, 1.82) is 5.26 Å². The van der Waals surface area contributed by atoms with E-state index in [1.54, 1.807) is 25.3 Å². The maximum Gasteiger partial charge on any atom is 0.119 e. The number of nitrogens with zero attached hydrogens (tertiary/aromatic N) is 1. The largest absolute Gasteiger partial charge is 0.497 e. The molecule has 0 fully saturated rings. The Bertz CT molecular complexity index is 617. The molecule has 0 aliphatic rings. The van der Waals surface area contributed by atoms with Crippen LogP contribution in [0.25, 0.3) is 0 Å². The van der Waals surface area contributed by atoms with Gasteiger partial charge in [-0.15, -0.1) is 0 Å². The lowest BCUT2D eigenvalue weighted by molar-refractivity contribution is 0.108. The van der Waals surface area contributed by atoms with Crippen LogP contribution < -0.4 is 9.47 Å². The fourth-order valence-corrected chi connectivity index (χ4v) is 1.91. The molecule has 4 nitrogen and oxygen atoms in total. The molecule has 0 aromatic heterocycles. The summed E-state index contributed by atoms with van der Waals surface area (Å²) in [5, 5.41) is 18.7. The van der Waals surface area contributed by atoms with E-state index in [0.717, 1.165) is 11.1 Å². The molecule has 2 rings (SSSR count). The van der Waals surface area contributed by atoms with Crippen LogP contribution >= 0.6 is 0 Å². The summed E-state index contributed by atoms with van der Waals surface area (Å²) in [6, 6.07) is 16.6. The number of benzene rings is 2. The van der Waals surface area contributed by atoms with Gasteiger partial charge in [0.1, 0.15) is 24.2 Å². The highest BCUT2D eigenvalue weighted by Gasteiger charge is 2.09. The first kappa shape index (κ1) is 14.9. The Hall–Kier alpha value is -2.51. The summed E-state index contributed by atoms with van der Waals surface area (Å²) in [4.78, 5) is 0. The quantitative estimate of drug-likeness (QED) is 0.885. The number of methoxy groups -OCH3 is 1. The van der Waals surface area contributed by atoms with Gasteiger partial charge >= 0.3 is 0 Å². The standard InChI is InChI=1S/C17H17NO3/c1-20-16-4-2-3-14(11-16)17(19)12-21-15-7-5-13(6-8-15)9-10-18/h2-8,11,17,19H,9,12H2,1H3. The number of aliphatic hydroxyl groups excluding tert-OH is 1. The topological polar surface area (TPSA) is 62.5 Å². The fraction of sp³-hybridized carbons (Fsp3) is 0.235. The SMILES string of the molecule is COc1cccc(C(O)COc2ccc(CC#N)cc2)c1. The van der Waals surface area contributed by atoms with Crippen LogP contribution in [0.3, 0.4) is 0 Å². The molecule has 0 amide bonds. The smallest absolute Gasteiger partial charge is 0.119 e. The number of hydrogen-bond acceptors (Lipinski definition) is 4. The third kappa shape index (κ3) is 4.23. The van der Waals surface area contributed by atoms with Crippen LogP contribution in [0.4, 0.5) is 0 Å². The predicted octanol–water partition coefficient (Wildman–Crippen LogP) is 2.87. The van der Waals surface area contributed by atoms with Crippen LogP contribution in [0.2, 0.25) is 0 Å². The molecule has 1 N–H and O–H groups in total. The van der Waals surface area contributed by atoms with Gasteiger partial charge in [-0.3, -0.25) is 0 Å². The molecule has 21 heavy (non-hydrogen) atoms. The summed E-state index contributed by atoms with van der Waals surface area (Å²) in [7, 11) is 1.59. The third-order valence-corrected chi connectivity index (χ3v) is 3.09. The minimum atomic E-state index is -0.723. The highest BCUT2D eigenvalue weighted by atomic mass is 16.5. The molecule has 0 bridgehead atoms. The molecule has 4 heteroatoms. The zero-order chi connectivity index (χ0) is 15.1. The van der Waals surface area contributed by atoms with Crippen molar-refractivity contribution in [2.75, 3.05) is 13.7 Å². The summed E-state index contributed by atoms with van der Waals surface area (Å²) < 4.78 is 10.7. The number of rotatable bonds is 6. The minimum Gasteiger partial charge on any atom is -0.497 e. The Morgan fingerprint density at radius 3 is 2.57 bits per heavy atom. The Labute approximate surface area is 124 Å². The molecule has 0 aliphatic carbocycles. The lowest BCUT2D eigenvalue weighted by Crippen LogP contribution is -2.09. The van der Waals surface area contributed by atoms with Gasteiger partial charge in [0.25, 0.3) is 0 Å². The molecule has 0 radical (unpaired) electrons. The summed E-state index contributed by atoms with van der Waals surface area (Å²) >= 11 is 0. The maximum absolute atomic E-state index is 10.1. The molecule has 0 aliphatic heterocycles. The first-order chi connectivity index (χ1) is 10.2. The second-order valence-corrected chi connectivity index (χ2v) is 4.58. The van der Waals surface area contributed by atoms with E-state index < -0.39 is 6.10 Å². The van der Waals surface area contributed by atoms with Gasteiger partial charge in [0.05, 0.1) is 19.6 Å². The third-order valence-electron chi connectivity index (χ3n) is 3.09. The van der Waals surface area contributed by atoms with E-state index in [0.29, 0.717) is 17.9 Å². The summed E-state index contributed by atoms with van der Waals surface area (Å²) in [6.07, 6.45) is -0.342. The zero-order valence-corrected chi connectivity index (χ0v) is 11.8. The highest BCUT2D eigenvalue weighted by molar-refractivity contribution is 5.31. The molecular weight excluding hydrogens is 266 g/mol. The van der Waals surface area contributed by atoms with Crippen molar-refractivity contribution in [3.8, 4) is 17.6 Å². The lowest BCUT2D eigenvalue weighted by atomic mass is 10.1. The second-order valence-electron chi connectivity index (χ2n) is 4.58. The summed E-state index contributed by atoms with van der Waals surface area (Å²) in [6.45, 7) is 0.158. The van der Waals surface area contributed by atoms with Crippen molar-refractivity contribution < 1.29 is 14.6 Å². The van der Waals surface area contributed by atoms with Crippen molar-refractivity contribution in [2.24, 2.45) is 0 Å². The summed E-state index contributed by atoms with van der Waals surface area (Å²) in [5.74, 6) is 1.37. The molecule has 108 valence electrons. The van der Waals surface area contributed by atoms with Gasteiger partial charge in [0.2, 0.25) is 0 Å². The monoisotopic (exact) mass is 283 g/mol. The molecule has 0 saturated heterocycles. The van der Waals surface area contributed by atoms with Gasteiger partial charge in [-0.2, -0.15) is 5.26 Å². The zero-order valence-electron chi connectivity index (χ0n) is 11.8. The van der Waals surface area contributed by atoms with Gasteiger partial charge in [-0.1, -0.05) is 24.3 Å². The van der Waals surface area contributed by atoms with E-state index in [9.17, 15) is 5.11 Å². The van der Waals surface area contributed by atoms with Crippen LogP contribution in [-0.4, -0.2) is 18.8 Å². The average Bonchev–Trinajstić information content (AvgIpc) is 2.54. The molecule has 0 saturated carbocycles. The van der Waals surface area contributed by atoms with Crippen molar-refractivity contribution in [3.05, 3.63) is 59.7 Å². The molecule has 0 heterocycles. The van der Waals surface area contributed by atoms with Gasteiger partial charge in [-0.05, 0) is 35.4 Å². The molecular formula is C17H17NO3. The normalized spacial score (nSPS) is 11.5. The Morgan fingerprint density at radius 1 is 1.14 bits per heavy atom. The van der Waals surface area contributed by atoms with Gasteiger partial charge < -0.3 is 14.6 Å². The van der Waals surface area contributed by atoms with Gasteiger partial charge in [0, 0.05) is 0 Å². The number of aliphatic hydroxyl groups is 1. The van der Waals surface area contributed by atoms with Crippen LogP contribution in [-0.2, 0) is 6.42 Å². The van der Waals surface area contributed by atoms with Crippen molar-refractivity contribution in [1.82, 2.24) is 0 Å². The van der Waals surface area contributed by atoms with Gasteiger partial charge in [0.15, 0.2) is 0 Å². The Morgan fingerprint density at radius 2 is 1.90 bits per heavy atom. The second kappa shape index (κ2) is 7.32. The lowest BCUT2D eigenvalue weighted by Gasteiger charge is -2.13. The molecule has 1 atom stereocenters. The minimum absolute atomic E-state index is 0.158. The molecule has 1 unspecified atom stereocenters. The van der Waals surface area contributed by atoms with E-state index in [4.69, 9.17) is 14.7 Å². The van der Waals surface area contributed by atoms with E-state index in [-0.39, 0.29) is 6.61 Å². The van der Waals surface area contributed by atoms with Crippen LogP contribution in [0, 0.1) is 11.3 Å². The van der Waals surface area contributed by atoms with Crippen molar-refractivity contribution in [3.63, 3.8) is 0 Å². The van der Waals surface area contributed by atoms with E-state index in [2.05, 4.69) is 6.07 Å². The van der Waals surface area contributed by atoms with Crippen LogP contribution in [0.15, 0.2) is 48.5 Å². The Balaban J connectivity index is 1.94. The fourth-order valence-electron chi connectivity index (χ4n) is 1.91. The van der Waals surface area contributed by atoms with Crippen LogP contribution in [0.1, 0.15) is 17.2 Å². The van der Waals surface area contributed by atoms with Gasteiger partial charge in [-0.25, -0.2) is 0 Å². The predicted molar refractivity (Wildman–Crippen MR) is 79.2 cm³/mol. The molecule has 2 aromatic carbocycles. The van der Waals surface area contributed by atoms with Crippen LogP contribution in [0.5, 0.6) is 11.5 Å². The first-order valence-electron chi connectivity index (χ1n) is 6.63. The average molecular weight is 283 g/mol. The molecule has 2 aromatic rings. The van der Waals surface area contributed by atoms with Crippen molar-refractivity contribution >= 4 is 0 Å². The maximum atomic E-state index is 10.1. The number of hydrogen-bond donors (Lipinski definition) is 1. The first-order valence-corrected chi connectivity index (χ1v) is 6.63. The number of ether oxygens (including phenoxy) is 2. The highest BCUT2D eigenvalue weighted by Crippen LogP contribution is 2.20. The summed E-state index contributed by atoms with van der Waals surface area (Å²) in [5.41, 5.74) is 1.69. The molecule has 0 spiro atoms. The Kier molecular flexibility index (Phi) is 5.19. The van der Waals surface area contributed by atoms with Crippen molar-refractivity contribution in [2.45, 2.75) is 12.5 Å². The number of nitriles is 1. The van der Waals surface area contributed by atoms with E-state index in [1.807, 2.05) is 30.3 Å². The van der Waals surface area contributed by atoms with E-state index in [1.165, 1.54) is 0 Å².